The number of amides is 2. The molecule has 22 heavy (non-hydrogen) atoms. The van der Waals surface area contributed by atoms with Crippen LogP contribution < -0.4 is 14.8 Å². The van der Waals surface area contributed by atoms with E-state index in [9.17, 15) is 4.79 Å². The molecule has 122 valence electrons. The van der Waals surface area contributed by atoms with E-state index >= 15 is 0 Å². The summed E-state index contributed by atoms with van der Waals surface area (Å²) in [5.74, 6) is 2.17. The quantitative estimate of drug-likeness (QED) is 0.803. The van der Waals surface area contributed by atoms with Gasteiger partial charge in [0.2, 0.25) is 0 Å². The van der Waals surface area contributed by atoms with Crippen molar-refractivity contribution in [2.75, 3.05) is 27.3 Å². The normalized spacial score (nSPS) is 13.6. The van der Waals surface area contributed by atoms with Crippen molar-refractivity contribution >= 4 is 6.03 Å². The molecule has 1 fully saturated rings. The van der Waals surface area contributed by atoms with Crippen molar-refractivity contribution in [3.8, 4) is 11.5 Å². The molecule has 2 rings (SSSR count). The number of benzene rings is 1. The van der Waals surface area contributed by atoms with Crippen LogP contribution in [0.3, 0.4) is 0 Å². The van der Waals surface area contributed by atoms with Crippen LogP contribution in [0.1, 0.15) is 31.7 Å². The zero-order valence-corrected chi connectivity index (χ0v) is 13.7. The summed E-state index contributed by atoms with van der Waals surface area (Å²) >= 11 is 0. The van der Waals surface area contributed by atoms with E-state index in [0.29, 0.717) is 12.5 Å². The third-order valence-corrected chi connectivity index (χ3v) is 3.88. The molecule has 0 atom stereocenters. The minimum atomic E-state index is 0.00613. The number of ether oxygens (including phenoxy) is 2. The Balaban J connectivity index is 1.93. The third kappa shape index (κ3) is 4.55. The summed E-state index contributed by atoms with van der Waals surface area (Å²) in [4.78, 5) is 14.3. The summed E-state index contributed by atoms with van der Waals surface area (Å²) in [7, 11) is 3.24. The number of hydrogen-bond acceptors (Lipinski definition) is 3. The molecule has 0 aliphatic heterocycles. The number of nitrogens with one attached hydrogen (secondary N) is 1. The van der Waals surface area contributed by atoms with E-state index in [2.05, 4.69) is 12.2 Å². The third-order valence-electron chi connectivity index (χ3n) is 3.88. The molecule has 2 amide bonds. The molecule has 1 aliphatic carbocycles. The molecule has 0 unspecified atom stereocenters. The first-order chi connectivity index (χ1) is 10.7. The van der Waals surface area contributed by atoms with E-state index < -0.39 is 0 Å². The SMILES string of the molecule is CCCN(CC1CC1)C(=O)NCc1ccc(OC)cc1OC. The predicted octanol–water partition coefficient (Wildman–Crippen LogP) is 3.04. The summed E-state index contributed by atoms with van der Waals surface area (Å²) in [6.45, 7) is 4.23. The largest absolute Gasteiger partial charge is 0.497 e. The van der Waals surface area contributed by atoms with Gasteiger partial charge in [-0.05, 0) is 37.3 Å². The van der Waals surface area contributed by atoms with E-state index in [1.54, 1.807) is 14.2 Å². The van der Waals surface area contributed by atoms with Gasteiger partial charge in [-0.3, -0.25) is 0 Å². The van der Waals surface area contributed by atoms with E-state index in [4.69, 9.17) is 9.47 Å². The highest BCUT2D eigenvalue weighted by molar-refractivity contribution is 5.74. The molecule has 1 aromatic carbocycles. The van der Waals surface area contributed by atoms with Crippen molar-refractivity contribution < 1.29 is 14.3 Å². The van der Waals surface area contributed by atoms with Crippen LogP contribution in [0.5, 0.6) is 11.5 Å². The first-order valence-corrected chi connectivity index (χ1v) is 7.91. The molecule has 1 aromatic rings. The van der Waals surface area contributed by atoms with Crippen LogP contribution in [0, 0.1) is 5.92 Å². The van der Waals surface area contributed by atoms with Crippen LogP contribution in [0.25, 0.3) is 0 Å². The van der Waals surface area contributed by atoms with Crippen molar-refractivity contribution in [2.45, 2.75) is 32.7 Å². The Morgan fingerprint density at radius 2 is 2.09 bits per heavy atom. The number of carbonyl (C=O) groups excluding carboxylic acids is 1. The Kier molecular flexibility index (Phi) is 5.92. The molecule has 0 saturated heterocycles. The van der Waals surface area contributed by atoms with Gasteiger partial charge in [-0.25, -0.2) is 4.79 Å². The summed E-state index contributed by atoms with van der Waals surface area (Å²) in [6.07, 6.45) is 3.48. The number of methoxy groups -OCH3 is 2. The van der Waals surface area contributed by atoms with E-state index in [1.165, 1.54) is 12.8 Å². The van der Waals surface area contributed by atoms with Gasteiger partial charge in [-0.15, -0.1) is 0 Å². The summed E-state index contributed by atoms with van der Waals surface area (Å²) < 4.78 is 10.5. The number of rotatable bonds is 8. The zero-order valence-electron chi connectivity index (χ0n) is 13.7. The standard InChI is InChI=1S/C17H26N2O3/c1-4-9-19(12-13-5-6-13)17(20)18-11-14-7-8-15(21-2)10-16(14)22-3/h7-8,10,13H,4-6,9,11-12H2,1-3H3,(H,18,20). The van der Waals surface area contributed by atoms with Gasteiger partial charge in [0, 0.05) is 31.3 Å². The van der Waals surface area contributed by atoms with Gasteiger partial charge >= 0.3 is 6.03 Å². The topological polar surface area (TPSA) is 50.8 Å². The highest BCUT2D eigenvalue weighted by atomic mass is 16.5. The second kappa shape index (κ2) is 7.92. The van der Waals surface area contributed by atoms with Crippen LogP contribution in [-0.2, 0) is 6.54 Å². The fourth-order valence-electron chi connectivity index (χ4n) is 2.44. The highest BCUT2D eigenvalue weighted by Gasteiger charge is 2.26. The summed E-state index contributed by atoms with van der Waals surface area (Å²) in [5.41, 5.74) is 0.944. The average Bonchev–Trinajstić information content (AvgIpc) is 3.36. The minimum absolute atomic E-state index is 0.00613. The van der Waals surface area contributed by atoms with Crippen LogP contribution in [0.15, 0.2) is 18.2 Å². The lowest BCUT2D eigenvalue weighted by Crippen LogP contribution is -2.41. The Morgan fingerprint density at radius 1 is 1.32 bits per heavy atom. The fourth-order valence-corrected chi connectivity index (χ4v) is 2.44. The van der Waals surface area contributed by atoms with Crippen molar-refractivity contribution in [1.82, 2.24) is 10.2 Å². The first kappa shape index (κ1) is 16.5. The van der Waals surface area contributed by atoms with E-state index in [0.717, 1.165) is 36.6 Å². The minimum Gasteiger partial charge on any atom is -0.497 e. The molecule has 0 radical (unpaired) electrons. The van der Waals surface area contributed by atoms with Gasteiger partial charge in [-0.2, -0.15) is 0 Å². The lowest BCUT2D eigenvalue weighted by atomic mass is 10.2. The van der Waals surface area contributed by atoms with Crippen LogP contribution >= 0.6 is 0 Å². The molecule has 1 saturated carbocycles. The Labute approximate surface area is 132 Å². The lowest BCUT2D eigenvalue weighted by molar-refractivity contribution is 0.194. The van der Waals surface area contributed by atoms with Gasteiger partial charge in [0.1, 0.15) is 11.5 Å². The Morgan fingerprint density at radius 3 is 2.68 bits per heavy atom. The number of urea groups is 1. The van der Waals surface area contributed by atoms with E-state index in [1.807, 2.05) is 23.1 Å². The Bertz CT molecular complexity index is 501. The molecule has 0 aromatic heterocycles. The fraction of sp³-hybridized carbons (Fsp3) is 0.588. The van der Waals surface area contributed by atoms with E-state index in [-0.39, 0.29) is 6.03 Å². The molecular weight excluding hydrogens is 280 g/mol. The molecule has 0 heterocycles. The maximum absolute atomic E-state index is 12.3. The Hall–Kier alpha value is -1.91. The summed E-state index contributed by atoms with van der Waals surface area (Å²) in [5, 5.41) is 3.00. The molecular formula is C17H26N2O3. The maximum atomic E-state index is 12.3. The van der Waals surface area contributed by atoms with Crippen LogP contribution in [0.2, 0.25) is 0 Å². The number of carbonyl (C=O) groups is 1. The van der Waals surface area contributed by atoms with Gasteiger partial charge in [0.15, 0.2) is 0 Å². The number of nitrogens with zero attached hydrogens (tertiary/aromatic N) is 1. The van der Waals surface area contributed by atoms with Gasteiger partial charge in [0.05, 0.1) is 14.2 Å². The van der Waals surface area contributed by atoms with Crippen molar-refractivity contribution in [2.24, 2.45) is 5.92 Å². The lowest BCUT2D eigenvalue weighted by Gasteiger charge is -2.22. The average molecular weight is 306 g/mol. The zero-order chi connectivity index (χ0) is 15.9. The smallest absolute Gasteiger partial charge is 0.317 e. The van der Waals surface area contributed by atoms with Crippen molar-refractivity contribution in [3.63, 3.8) is 0 Å². The molecule has 0 bridgehead atoms. The second-order valence-electron chi connectivity index (χ2n) is 5.73. The second-order valence-corrected chi connectivity index (χ2v) is 5.73. The van der Waals surface area contributed by atoms with Gasteiger partial charge in [-0.1, -0.05) is 6.92 Å². The summed E-state index contributed by atoms with van der Waals surface area (Å²) in [6, 6.07) is 5.63. The highest BCUT2D eigenvalue weighted by Crippen LogP contribution is 2.30. The molecule has 0 spiro atoms. The van der Waals surface area contributed by atoms with Crippen molar-refractivity contribution in [3.05, 3.63) is 23.8 Å². The van der Waals surface area contributed by atoms with Gasteiger partial charge < -0.3 is 19.7 Å². The maximum Gasteiger partial charge on any atom is 0.317 e. The predicted molar refractivity (Wildman–Crippen MR) is 86.4 cm³/mol. The monoisotopic (exact) mass is 306 g/mol. The van der Waals surface area contributed by atoms with Gasteiger partial charge in [0.25, 0.3) is 0 Å². The van der Waals surface area contributed by atoms with Crippen molar-refractivity contribution in [1.29, 1.82) is 0 Å². The molecule has 1 N–H and O–H groups in total. The number of hydrogen-bond donors (Lipinski definition) is 1. The molecule has 5 heteroatoms. The molecule has 5 nitrogen and oxygen atoms in total. The molecule has 1 aliphatic rings. The van der Waals surface area contributed by atoms with Crippen LogP contribution in [0.4, 0.5) is 4.79 Å². The first-order valence-electron chi connectivity index (χ1n) is 7.91. The van der Waals surface area contributed by atoms with Crippen LogP contribution in [-0.4, -0.2) is 38.2 Å².